The number of amides is 2. The van der Waals surface area contributed by atoms with Crippen LogP contribution in [0.1, 0.15) is 48.6 Å². The first-order valence-corrected chi connectivity index (χ1v) is 10.9. The predicted molar refractivity (Wildman–Crippen MR) is 128 cm³/mol. The lowest BCUT2D eigenvalue weighted by Gasteiger charge is -2.39. The number of benzene rings is 2. The Morgan fingerprint density at radius 3 is 2.16 bits per heavy atom. The molecule has 1 heterocycles. The monoisotopic (exact) mass is 421 g/mol. The molecule has 0 saturated heterocycles. The second-order valence-corrected chi connectivity index (χ2v) is 10.0. The van der Waals surface area contributed by atoms with E-state index in [0.29, 0.717) is 13.0 Å². The summed E-state index contributed by atoms with van der Waals surface area (Å²) in [6.07, 6.45) is 0.515. The molecule has 1 N–H and O–H groups in total. The SMILES string of the molecule is Cc1cc(C)c(NC(=O)[C@@H]2Cc3ccc(N(C)C)cc3CN2C(=O)C(C)(C)C)c(C)c1. The first kappa shape index (κ1) is 22.9. The molecular formula is C26H35N3O2. The van der Waals surface area contributed by atoms with E-state index in [0.717, 1.165) is 33.6 Å². The van der Waals surface area contributed by atoms with E-state index in [1.807, 2.05) is 48.7 Å². The van der Waals surface area contributed by atoms with Gasteiger partial charge in [-0.25, -0.2) is 0 Å². The number of nitrogens with zero attached hydrogens (tertiary/aromatic N) is 2. The molecule has 2 aromatic carbocycles. The summed E-state index contributed by atoms with van der Waals surface area (Å²) in [6.45, 7) is 12.2. The van der Waals surface area contributed by atoms with Crippen LogP contribution in [-0.4, -0.2) is 36.9 Å². The molecule has 0 fully saturated rings. The minimum Gasteiger partial charge on any atom is -0.378 e. The van der Waals surface area contributed by atoms with Crippen molar-refractivity contribution in [2.75, 3.05) is 24.3 Å². The van der Waals surface area contributed by atoms with Crippen LogP contribution in [0.3, 0.4) is 0 Å². The van der Waals surface area contributed by atoms with E-state index in [9.17, 15) is 9.59 Å². The number of nitrogens with one attached hydrogen (secondary N) is 1. The lowest BCUT2D eigenvalue weighted by molar-refractivity contribution is -0.146. The normalized spacial score (nSPS) is 16.0. The summed E-state index contributed by atoms with van der Waals surface area (Å²) in [5.74, 6) is -0.138. The predicted octanol–water partition coefficient (Wildman–Crippen LogP) is 4.62. The van der Waals surface area contributed by atoms with Crippen LogP contribution in [0.5, 0.6) is 0 Å². The van der Waals surface area contributed by atoms with Gasteiger partial charge in [0.25, 0.3) is 0 Å². The molecule has 1 aliphatic rings. The number of rotatable bonds is 3. The quantitative estimate of drug-likeness (QED) is 0.787. The van der Waals surface area contributed by atoms with Crippen molar-refractivity contribution in [2.24, 2.45) is 5.41 Å². The number of fused-ring (bicyclic) bond motifs is 1. The first-order valence-electron chi connectivity index (χ1n) is 10.9. The number of anilines is 2. The number of aryl methyl sites for hydroxylation is 3. The topological polar surface area (TPSA) is 52.7 Å². The molecule has 0 radical (unpaired) electrons. The van der Waals surface area contributed by atoms with Gasteiger partial charge in [-0.1, -0.05) is 44.5 Å². The van der Waals surface area contributed by atoms with Gasteiger partial charge in [0.15, 0.2) is 0 Å². The van der Waals surface area contributed by atoms with Crippen LogP contribution < -0.4 is 10.2 Å². The van der Waals surface area contributed by atoms with Crippen LogP contribution >= 0.6 is 0 Å². The highest BCUT2D eigenvalue weighted by atomic mass is 16.2. The molecule has 31 heavy (non-hydrogen) atoms. The van der Waals surface area contributed by atoms with Gasteiger partial charge in [-0.3, -0.25) is 9.59 Å². The Kier molecular flexibility index (Phi) is 6.17. The Balaban J connectivity index is 1.98. The van der Waals surface area contributed by atoms with Crippen molar-refractivity contribution in [3.63, 3.8) is 0 Å². The highest BCUT2D eigenvalue weighted by Crippen LogP contribution is 2.31. The molecule has 5 nitrogen and oxygen atoms in total. The van der Waals surface area contributed by atoms with Crippen molar-refractivity contribution < 1.29 is 9.59 Å². The van der Waals surface area contributed by atoms with Crippen LogP contribution in [-0.2, 0) is 22.6 Å². The third-order valence-electron chi connectivity index (χ3n) is 5.97. The molecular weight excluding hydrogens is 386 g/mol. The first-order chi connectivity index (χ1) is 14.4. The highest BCUT2D eigenvalue weighted by Gasteiger charge is 2.39. The van der Waals surface area contributed by atoms with Gasteiger partial charge in [-0.2, -0.15) is 0 Å². The largest absolute Gasteiger partial charge is 0.378 e. The number of carbonyl (C=O) groups excluding carboxylic acids is 2. The van der Waals surface area contributed by atoms with Gasteiger partial charge in [0.05, 0.1) is 0 Å². The van der Waals surface area contributed by atoms with Gasteiger partial charge in [-0.15, -0.1) is 0 Å². The third-order valence-corrected chi connectivity index (χ3v) is 5.97. The fraction of sp³-hybridized carbons (Fsp3) is 0.462. The summed E-state index contributed by atoms with van der Waals surface area (Å²) in [5, 5.41) is 3.13. The van der Waals surface area contributed by atoms with Crippen molar-refractivity contribution in [3.8, 4) is 0 Å². The Hall–Kier alpha value is -2.82. The molecule has 1 atom stereocenters. The summed E-state index contributed by atoms with van der Waals surface area (Å²) >= 11 is 0. The number of hydrogen-bond donors (Lipinski definition) is 1. The summed E-state index contributed by atoms with van der Waals surface area (Å²) in [4.78, 5) is 30.6. The molecule has 0 aromatic heterocycles. The molecule has 0 unspecified atom stereocenters. The molecule has 0 spiro atoms. The highest BCUT2D eigenvalue weighted by molar-refractivity contribution is 5.99. The fourth-order valence-electron chi connectivity index (χ4n) is 4.31. The molecule has 2 aromatic rings. The molecule has 0 saturated carbocycles. The summed E-state index contributed by atoms with van der Waals surface area (Å²) in [7, 11) is 4.01. The molecule has 0 aliphatic carbocycles. The maximum Gasteiger partial charge on any atom is 0.247 e. The minimum atomic E-state index is -0.565. The van der Waals surface area contributed by atoms with Gasteiger partial charge in [0.2, 0.25) is 11.8 Å². The lowest BCUT2D eigenvalue weighted by atomic mass is 9.88. The van der Waals surface area contributed by atoms with Crippen LogP contribution in [0.15, 0.2) is 30.3 Å². The molecule has 0 bridgehead atoms. The third kappa shape index (κ3) is 4.76. The molecule has 1 aliphatic heterocycles. The van der Waals surface area contributed by atoms with E-state index in [2.05, 4.69) is 47.5 Å². The molecule has 166 valence electrons. The van der Waals surface area contributed by atoms with Crippen molar-refractivity contribution >= 4 is 23.2 Å². The zero-order chi connectivity index (χ0) is 23.1. The Labute approximate surface area is 186 Å². The zero-order valence-corrected chi connectivity index (χ0v) is 20.1. The standard InChI is InChI=1S/C26H35N3O2/c1-16-11-17(2)23(18(3)12-16)27-24(30)22-14-19-9-10-21(28(7)8)13-20(19)15-29(22)25(31)26(4,5)6/h9-13,22H,14-15H2,1-8H3,(H,27,30)/t22-/m0/s1. The second kappa shape index (κ2) is 8.37. The van der Waals surface area contributed by atoms with E-state index in [-0.39, 0.29) is 11.8 Å². The smallest absolute Gasteiger partial charge is 0.247 e. The van der Waals surface area contributed by atoms with E-state index in [1.165, 1.54) is 5.56 Å². The number of hydrogen-bond acceptors (Lipinski definition) is 3. The van der Waals surface area contributed by atoms with Crippen molar-refractivity contribution in [1.29, 1.82) is 0 Å². The van der Waals surface area contributed by atoms with Crippen molar-refractivity contribution in [3.05, 3.63) is 58.1 Å². The average Bonchev–Trinajstić information content (AvgIpc) is 2.67. The second-order valence-electron chi connectivity index (χ2n) is 10.0. The summed E-state index contributed by atoms with van der Waals surface area (Å²) < 4.78 is 0. The van der Waals surface area contributed by atoms with Gasteiger partial charge in [-0.05, 0) is 55.2 Å². The lowest BCUT2D eigenvalue weighted by Crippen LogP contribution is -2.53. The Bertz CT molecular complexity index is 995. The van der Waals surface area contributed by atoms with Crippen LogP contribution in [0, 0.1) is 26.2 Å². The average molecular weight is 422 g/mol. The maximum atomic E-state index is 13.5. The number of carbonyl (C=O) groups is 2. The van der Waals surface area contributed by atoms with Gasteiger partial charge >= 0.3 is 0 Å². The molecule has 2 amide bonds. The van der Waals surface area contributed by atoms with Crippen LogP contribution in [0.2, 0.25) is 0 Å². The van der Waals surface area contributed by atoms with Gasteiger partial charge < -0.3 is 15.1 Å². The minimum absolute atomic E-state index is 0.00842. The van der Waals surface area contributed by atoms with E-state index in [4.69, 9.17) is 0 Å². The van der Waals surface area contributed by atoms with Gasteiger partial charge in [0.1, 0.15) is 6.04 Å². The van der Waals surface area contributed by atoms with E-state index in [1.54, 1.807) is 4.90 Å². The molecule has 5 heteroatoms. The van der Waals surface area contributed by atoms with Crippen molar-refractivity contribution in [1.82, 2.24) is 4.90 Å². The van der Waals surface area contributed by atoms with E-state index < -0.39 is 11.5 Å². The van der Waals surface area contributed by atoms with Gasteiger partial charge in [0, 0.05) is 43.9 Å². The van der Waals surface area contributed by atoms with Crippen LogP contribution in [0.4, 0.5) is 11.4 Å². The van der Waals surface area contributed by atoms with Crippen molar-refractivity contribution in [2.45, 2.75) is 60.5 Å². The zero-order valence-electron chi connectivity index (χ0n) is 20.1. The Morgan fingerprint density at radius 2 is 1.61 bits per heavy atom. The van der Waals surface area contributed by atoms with E-state index >= 15 is 0 Å². The summed E-state index contributed by atoms with van der Waals surface area (Å²) in [6, 6.07) is 9.89. The Morgan fingerprint density at radius 1 is 1.00 bits per heavy atom. The summed E-state index contributed by atoms with van der Waals surface area (Å²) in [5.41, 5.74) is 6.84. The fourth-order valence-corrected chi connectivity index (χ4v) is 4.31. The van der Waals surface area contributed by atoms with Crippen LogP contribution in [0.25, 0.3) is 0 Å². The molecule has 3 rings (SSSR count). The maximum absolute atomic E-state index is 13.5.